The Morgan fingerprint density at radius 1 is 0.903 bits per heavy atom. The molecule has 0 atom stereocenters. The van der Waals surface area contributed by atoms with Gasteiger partial charge in [-0.15, -0.1) is 11.3 Å². The van der Waals surface area contributed by atoms with Gasteiger partial charge in [-0.2, -0.15) is 9.78 Å². The molecule has 0 spiro atoms. The molecular formula is C25H17N3O2S. The topological polar surface area (TPSA) is 56.5 Å². The summed E-state index contributed by atoms with van der Waals surface area (Å²) in [5, 5.41) is 6.90. The van der Waals surface area contributed by atoms with Gasteiger partial charge in [0.2, 0.25) is 0 Å². The Morgan fingerprint density at radius 3 is 2.45 bits per heavy atom. The summed E-state index contributed by atoms with van der Waals surface area (Å²) in [5.41, 5.74) is 2.48. The maximum Gasteiger partial charge on any atom is 0.283 e. The molecule has 0 N–H and O–H groups in total. The highest BCUT2D eigenvalue weighted by Gasteiger charge is 2.12. The average molecular weight is 423 g/mol. The van der Waals surface area contributed by atoms with Gasteiger partial charge < -0.3 is 4.74 Å². The van der Waals surface area contributed by atoms with E-state index in [0.717, 1.165) is 22.4 Å². The Morgan fingerprint density at radius 2 is 1.65 bits per heavy atom. The Kier molecular flexibility index (Phi) is 5.12. The highest BCUT2D eigenvalue weighted by Crippen LogP contribution is 2.30. The lowest BCUT2D eigenvalue weighted by Gasteiger charge is -2.06. The molecule has 0 aliphatic heterocycles. The largest absolute Gasteiger partial charge is 0.457 e. The smallest absolute Gasteiger partial charge is 0.283 e. The number of ether oxygens (including phenoxy) is 1. The first kappa shape index (κ1) is 19.0. The van der Waals surface area contributed by atoms with Crippen LogP contribution in [0.25, 0.3) is 21.3 Å². The molecule has 2 heterocycles. The minimum absolute atomic E-state index is 0.196. The standard InChI is InChI=1S/C25H17N3O2S/c29-25-23-22(19-9-3-1-4-10-19)16-31-24(23)26-17-28(25)27-15-18-8-7-13-21(14-18)30-20-11-5-2-6-12-20/h1-17H/b27-15+. The number of nitrogens with zero attached hydrogens (tertiary/aromatic N) is 3. The van der Waals surface area contributed by atoms with Gasteiger partial charge in [-0.1, -0.05) is 60.7 Å². The molecule has 0 saturated heterocycles. The monoisotopic (exact) mass is 423 g/mol. The van der Waals surface area contributed by atoms with E-state index in [9.17, 15) is 4.79 Å². The molecular weight excluding hydrogens is 406 g/mol. The maximum atomic E-state index is 13.1. The van der Waals surface area contributed by atoms with Gasteiger partial charge >= 0.3 is 0 Å². The lowest BCUT2D eigenvalue weighted by molar-refractivity contribution is 0.482. The Bertz CT molecular complexity index is 1420. The van der Waals surface area contributed by atoms with Crippen LogP contribution in [0, 0.1) is 0 Å². The molecule has 31 heavy (non-hydrogen) atoms. The third-order valence-corrected chi connectivity index (χ3v) is 5.62. The van der Waals surface area contributed by atoms with E-state index in [-0.39, 0.29) is 5.56 Å². The Balaban J connectivity index is 1.46. The number of aromatic nitrogens is 2. The summed E-state index contributed by atoms with van der Waals surface area (Å²) in [4.78, 5) is 18.2. The summed E-state index contributed by atoms with van der Waals surface area (Å²) < 4.78 is 7.14. The molecule has 6 heteroatoms. The molecule has 5 rings (SSSR count). The first-order valence-corrected chi connectivity index (χ1v) is 10.6. The third-order valence-electron chi connectivity index (χ3n) is 4.73. The van der Waals surface area contributed by atoms with Crippen molar-refractivity contribution in [3.63, 3.8) is 0 Å². The molecule has 5 aromatic rings. The average Bonchev–Trinajstić information content (AvgIpc) is 3.25. The minimum Gasteiger partial charge on any atom is -0.457 e. The molecule has 150 valence electrons. The van der Waals surface area contributed by atoms with Crippen LogP contribution in [0.3, 0.4) is 0 Å². The van der Waals surface area contributed by atoms with Gasteiger partial charge in [0, 0.05) is 10.9 Å². The van der Waals surface area contributed by atoms with E-state index in [1.165, 1.54) is 22.3 Å². The van der Waals surface area contributed by atoms with Crippen LogP contribution in [0.15, 0.2) is 107 Å². The maximum absolute atomic E-state index is 13.1. The van der Waals surface area contributed by atoms with Gasteiger partial charge in [0.25, 0.3) is 5.56 Å². The second-order valence-corrected chi connectivity index (χ2v) is 7.68. The van der Waals surface area contributed by atoms with Gasteiger partial charge in [0.1, 0.15) is 22.7 Å². The minimum atomic E-state index is -0.196. The zero-order chi connectivity index (χ0) is 21.0. The molecule has 2 aromatic heterocycles. The Labute approximate surface area is 182 Å². The van der Waals surface area contributed by atoms with Crippen LogP contribution in [-0.2, 0) is 0 Å². The summed E-state index contributed by atoms with van der Waals surface area (Å²) in [6.45, 7) is 0. The molecule has 5 nitrogen and oxygen atoms in total. The fourth-order valence-corrected chi connectivity index (χ4v) is 4.15. The van der Waals surface area contributed by atoms with Gasteiger partial charge in [0.05, 0.1) is 11.6 Å². The SMILES string of the molecule is O=c1c2c(-c3ccccc3)csc2ncn1/N=C/c1cccc(Oc2ccccc2)c1. The van der Waals surface area contributed by atoms with Crippen LogP contribution >= 0.6 is 11.3 Å². The van der Waals surface area contributed by atoms with Crippen molar-refractivity contribution >= 4 is 27.8 Å². The number of benzene rings is 3. The molecule has 0 saturated carbocycles. The van der Waals surface area contributed by atoms with E-state index in [0.29, 0.717) is 16.0 Å². The van der Waals surface area contributed by atoms with Crippen LogP contribution in [0.4, 0.5) is 0 Å². The predicted molar refractivity (Wildman–Crippen MR) is 125 cm³/mol. The number of para-hydroxylation sites is 1. The summed E-state index contributed by atoms with van der Waals surface area (Å²) in [7, 11) is 0. The van der Waals surface area contributed by atoms with E-state index in [1.807, 2.05) is 90.3 Å². The van der Waals surface area contributed by atoms with E-state index in [1.54, 1.807) is 6.21 Å². The van der Waals surface area contributed by atoms with Crippen LogP contribution in [0.1, 0.15) is 5.56 Å². The van der Waals surface area contributed by atoms with E-state index >= 15 is 0 Å². The predicted octanol–water partition coefficient (Wildman–Crippen LogP) is 5.80. The van der Waals surface area contributed by atoms with Gasteiger partial charge in [-0.25, -0.2) is 4.98 Å². The van der Waals surface area contributed by atoms with Crippen LogP contribution in [0.2, 0.25) is 0 Å². The lowest BCUT2D eigenvalue weighted by Crippen LogP contribution is -2.16. The fourth-order valence-electron chi connectivity index (χ4n) is 3.25. The normalized spacial score (nSPS) is 11.2. The van der Waals surface area contributed by atoms with Crippen molar-refractivity contribution in [2.45, 2.75) is 0 Å². The van der Waals surface area contributed by atoms with Crippen molar-refractivity contribution in [3.05, 3.63) is 113 Å². The zero-order valence-electron chi connectivity index (χ0n) is 16.4. The first-order chi connectivity index (χ1) is 15.3. The summed E-state index contributed by atoms with van der Waals surface area (Å²) in [6.07, 6.45) is 3.08. The van der Waals surface area contributed by atoms with E-state index in [2.05, 4.69) is 10.1 Å². The molecule has 0 bridgehead atoms. The molecule has 3 aromatic carbocycles. The second kappa shape index (κ2) is 8.38. The van der Waals surface area contributed by atoms with Crippen LogP contribution < -0.4 is 10.3 Å². The summed E-state index contributed by atoms with van der Waals surface area (Å²) >= 11 is 1.46. The fraction of sp³-hybridized carbons (Fsp3) is 0. The summed E-state index contributed by atoms with van der Waals surface area (Å²) in [6, 6.07) is 26.9. The van der Waals surface area contributed by atoms with E-state index < -0.39 is 0 Å². The highest BCUT2D eigenvalue weighted by atomic mass is 32.1. The molecule has 0 fully saturated rings. The number of fused-ring (bicyclic) bond motifs is 1. The van der Waals surface area contributed by atoms with Gasteiger partial charge in [-0.05, 0) is 35.4 Å². The third kappa shape index (κ3) is 4.01. The zero-order valence-corrected chi connectivity index (χ0v) is 17.2. The van der Waals surface area contributed by atoms with Crippen molar-refractivity contribution in [2.75, 3.05) is 0 Å². The molecule has 0 aliphatic rings. The number of hydrogen-bond acceptors (Lipinski definition) is 5. The van der Waals surface area contributed by atoms with Crippen LogP contribution in [-0.4, -0.2) is 15.9 Å². The lowest BCUT2D eigenvalue weighted by atomic mass is 10.1. The second-order valence-electron chi connectivity index (χ2n) is 6.82. The van der Waals surface area contributed by atoms with Gasteiger partial charge in [-0.3, -0.25) is 4.79 Å². The highest BCUT2D eigenvalue weighted by molar-refractivity contribution is 7.17. The van der Waals surface area contributed by atoms with Crippen molar-refractivity contribution in [3.8, 4) is 22.6 Å². The van der Waals surface area contributed by atoms with Crippen molar-refractivity contribution in [2.24, 2.45) is 5.10 Å². The molecule has 0 aliphatic carbocycles. The quantitative estimate of drug-likeness (QED) is 0.336. The number of thiophene rings is 1. The Hall–Kier alpha value is -4.03. The number of rotatable bonds is 5. The molecule has 0 amide bonds. The molecule has 0 radical (unpaired) electrons. The van der Waals surface area contributed by atoms with Crippen LogP contribution in [0.5, 0.6) is 11.5 Å². The van der Waals surface area contributed by atoms with Gasteiger partial charge in [0.15, 0.2) is 0 Å². The first-order valence-electron chi connectivity index (χ1n) is 9.69. The van der Waals surface area contributed by atoms with E-state index in [4.69, 9.17) is 4.74 Å². The number of hydrogen-bond donors (Lipinski definition) is 0. The molecule has 0 unspecified atom stereocenters. The van der Waals surface area contributed by atoms with Crippen molar-refractivity contribution in [1.82, 2.24) is 9.66 Å². The van der Waals surface area contributed by atoms with Crippen molar-refractivity contribution < 1.29 is 4.74 Å². The summed E-state index contributed by atoms with van der Waals surface area (Å²) in [5.74, 6) is 1.45. The van der Waals surface area contributed by atoms with Crippen molar-refractivity contribution in [1.29, 1.82) is 0 Å².